The molecule has 0 bridgehead atoms. The molecule has 152 valence electrons. The van der Waals surface area contributed by atoms with E-state index in [1.165, 1.54) is 11.8 Å². The molecule has 6 nitrogen and oxygen atoms in total. The van der Waals surface area contributed by atoms with Crippen LogP contribution in [-0.4, -0.2) is 33.6 Å². The Kier molecular flexibility index (Phi) is 5.81. The molecule has 2 amide bonds. The Morgan fingerprint density at radius 2 is 1.87 bits per heavy atom. The summed E-state index contributed by atoms with van der Waals surface area (Å²) in [6.07, 6.45) is 0.254. The average Bonchev–Trinajstić information content (AvgIpc) is 2.86. The molecule has 0 saturated heterocycles. The molecule has 1 N–H and O–H groups in total. The Labute approximate surface area is 179 Å². The SMILES string of the molecule is Cc1cc(-c2ccccc2)nc(SCC(=O)N2c3ccccc3NC(=O)CC2C)n1. The minimum absolute atomic E-state index is 0.0807. The predicted octanol–water partition coefficient (Wildman–Crippen LogP) is 4.31. The lowest BCUT2D eigenvalue weighted by Crippen LogP contribution is -2.40. The first-order valence-corrected chi connectivity index (χ1v) is 10.7. The van der Waals surface area contributed by atoms with Crippen LogP contribution in [0.2, 0.25) is 0 Å². The summed E-state index contributed by atoms with van der Waals surface area (Å²) >= 11 is 1.31. The minimum atomic E-state index is -0.236. The summed E-state index contributed by atoms with van der Waals surface area (Å²) in [5.41, 5.74) is 4.07. The van der Waals surface area contributed by atoms with Crippen molar-refractivity contribution in [2.24, 2.45) is 0 Å². The highest BCUT2D eigenvalue weighted by Crippen LogP contribution is 2.32. The summed E-state index contributed by atoms with van der Waals surface area (Å²) in [7, 11) is 0. The van der Waals surface area contributed by atoms with Crippen LogP contribution in [0.25, 0.3) is 11.3 Å². The zero-order chi connectivity index (χ0) is 21.1. The Hall–Kier alpha value is -3.19. The normalized spacial score (nSPS) is 15.9. The molecule has 1 atom stereocenters. The molecule has 0 fully saturated rings. The maximum atomic E-state index is 13.2. The molecule has 2 heterocycles. The van der Waals surface area contributed by atoms with E-state index in [1.807, 2.05) is 74.5 Å². The number of thioether (sulfide) groups is 1. The summed E-state index contributed by atoms with van der Waals surface area (Å²) in [6, 6.07) is 19.0. The highest BCUT2D eigenvalue weighted by atomic mass is 32.2. The van der Waals surface area contributed by atoms with Crippen molar-refractivity contribution in [3.8, 4) is 11.3 Å². The van der Waals surface area contributed by atoms with E-state index >= 15 is 0 Å². The molecular formula is C23H22N4O2S. The van der Waals surface area contributed by atoms with E-state index in [0.29, 0.717) is 10.8 Å². The standard InChI is InChI=1S/C23H22N4O2S/c1-15-12-19(17-8-4-3-5-9-17)26-23(24-15)30-14-22(29)27-16(2)13-21(28)25-18-10-6-7-11-20(18)27/h3-12,16H,13-14H2,1-2H3,(H,25,28). The highest BCUT2D eigenvalue weighted by Gasteiger charge is 2.29. The Bertz CT molecular complexity index is 1090. The van der Waals surface area contributed by atoms with Crippen molar-refractivity contribution in [1.29, 1.82) is 0 Å². The quantitative estimate of drug-likeness (QED) is 0.505. The smallest absolute Gasteiger partial charge is 0.237 e. The van der Waals surface area contributed by atoms with Gasteiger partial charge in [0.25, 0.3) is 0 Å². The third-order valence-electron chi connectivity index (χ3n) is 4.86. The molecule has 30 heavy (non-hydrogen) atoms. The van der Waals surface area contributed by atoms with Gasteiger partial charge < -0.3 is 10.2 Å². The molecule has 1 aromatic heterocycles. The molecule has 0 saturated carbocycles. The van der Waals surface area contributed by atoms with Gasteiger partial charge in [-0.25, -0.2) is 9.97 Å². The number of anilines is 2. The van der Waals surface area contributed by atoms with Gasteiger partial charge in [0.05, 0.1) is 22.8 Å². The zero-order valence-corrected chi connectivity index (χ0v) is 17.6. The lowest BCUT2D eigenvalue weighted by Gasteiger charge is -2.27. The van der Waals surface area contributed by atoms with Crippen LogP contribution in [0, 0.1) is 6.92 Å². The summed E-state index contributed by atoms with van der Waals surface area (Å²) in [6.45, 7) is 3.81. The third-order valence-corrected chi connectivity index (χ3v) is 5.69. The molecule has 1 aliphatic rings. The van der Waals surface area contributed by atoms with Crippen LogP contribution < -0.4 is 10.2 Å². The third kappa shape index (κ3) is 4.36. The van der Waals surface area contributed by atoms with Gasteiger partial charge in [0, 0.05) is 23.7 Å². The van der Waals surface area contributed by atoms with Gasteiger partial charge in [-0.15, -0.1) is 0 Å². The number of carbonyl (C=O) groups excluding carboxylic acids is 2. The number of nitrogens with zero attached hydrogens (tertiary/aromatic N) is 3. The summed E-state index contributed by atoms with van der Waals surface area (Å²) in [4.78, 5) is 36.1. The first-order valence-electron chi connectivity index (χ1n) is 9.76. The first kappa shape index (κ1) is 20.1. The molecule has 0 radical (unpaired) electrons. The molecule has 3 aromatic rings. The number of benzene rings is 2. The van der Waals surface area contributed by atoms with Crippen LogP contribution in [-0.2, 0) is 9.59 Å². The van der Waals surface area contributed by atoms with Crippen molar-refractivity contribution in [3.63, 3.8) is 0 Å². The number of hydrogen-bond donors (Lipinski definition) is 1. The lowest BCUT2D eigenvalue weighted by molar-refractivity contribution is -0.117. The number of aromatic nitrogens is 2. The van der Waals surface area contributed by atoms with Crippen LogP contribution in [0.5, 0.6) is 0 Å². The fourth-order valence-electron chi connectivity index (χ4n) is 3.53. The fourth-order valence-corrected chi connectivity index (χ4v) is 4.29. The van der Waals surface area contributed by atoms with Gasteiger partial charge in [-0.1, -0.05) is 54.2 Å². The van der Waals surface area contributed by atoms with Gasteiger partial charge in [-0.2, -0.15) is 0 Å². The van der Waals surface area contributed by atoms with E-state index in [9.17, 15) is 9.59 Å². The van der Waals surface area contributed by atoms with Crippen molar-refractivity contribution in [3.05, 3.63) is 66.4 Å². The maximum absolute atomic E-state index is 13.2. The van der Waals surface area contributed by atoms with Crippen molar-refractivity contribution < 1.29 is 9.59 Å². The summed E-state index contributed by atoms with van der Waals surface area (Å²) in [5, 5.41) is 3.44. The minimum Gasteiger partial charge on any atom is -0.324 e. The van der Waals surface area contributed by atoms with E-state index in [-0.39, 0.29) is 30.0 Å². The van der Waals surface area contributed by atoms with Crippen molar-refractivity contribution in [2.75, 3.05) is 16.0 Å². The topological polar surface area (TPSA) is 75.2 Å². The molecule has 2 aromatic carbocycles. The number of nitrogens with one attached hydrogen (secondary N) is 1. The van der Waals surface area contributed by atoms with E-state index in [2.05, 4.69) is 15.3 Å². The van der Waals surface area contributed by atoms with Crippen molar-refractivity contribution >= 4 is 35.0 Å². The number of aryl methyl sites for hydroxylation is 1. The molecule has 1 aliphatic heterocycles. The first-order chi connectivity index (χ1) is 14.5. The second-order valence-electron chi connectivity index (χ2n) is 7.21. The molecular weight excluding hydrogens is 396 g/mol. The summed E-state index contributed by atoms with van der Waals surface area (Å²) < 4.78 is 0. The Morgan fingerprint density at radius 1 is 1.13 bits per heavy atom. The maximum Gasteiger partial charge on any atom is 0.237 e. The van der Waals surface area contributed by atoms with Gasteiger partial charge in [0.1, 0.15) is 0 Å². The van der Waals surface area contributed by atoms with Gasteiger partial charge in [0.2, 0.25) is 11.8 Å². The summed E-state index contributed by atoms with van der Waals surface area (Å²) in [5.74, 6) is 0.0140. The monoisotopic (exact) mass is 418 g/mol. The Morgan fingerprint density at radius 3 is 2.67 bits per heavy atom. The molecule has 7 heteroatoms. The van der Waals surface area contributed by atoms with Crippen LogP contribution in [0.15, 0.2) is 65.8 Å². The number of para-hydroxylation sites is 2. The second-order valence-corrected chi connectivity index (χ2v) is 8.16. The number of carbonyl (C=O) groups is 2. The van der Waals surface area contributed by atoms with Crippen LogP contribution in [0.3, 0.4) is 0 Å². The van der Waals surface area contributed by atoms with E-state index in [4.69, 9.17) is 0 Å². The molecule has 4 rings (SSSR count). The van der Waals surface area contributed by atoms with Gasteiger partial charge in [0.15, 0.2) is 5.16 Å². The van der Waals surface area contributed by atoms with Crippen molar-refractivity contribution in [2.45, 2.75) is 31.5 Å². The number of fused-ring (bicyclic) bond motifs is 1. The average molecular weight is 419 g/mol. The van der Waals surface area contributed by atoms with E-state index in [1.54, 1.807) is 4.90 Å². The van der Waals surface area contributed by atoms with Gasteiger partial charge in [-0.3, -0.25) is 9.59 Å². The Balaban J connectivity index is 1.55. The van der Waals surface area contributed by atoms with Crippen LogP contribution in [0.1, 0.15) is 19.0 Å². The van der Waals surface area contributed by atoms with E-state index in [0.717, 1.165) is 22.6 Å². The predicted molar refractivity (Wildman–Crippen MR) is 120 cm³/mol. The van der Waals surface area contributed by atoms with E-state index < -0.39 is 0 Å². The molecule has 0 spiro atoms. The number of rotatable bonds is 4. The van der Waals surface area contributed by atoms with Gasteiger partial charge in [-0.05, 0) is 32.0 Å². The number of hydrogen-bond acceptors (Lipinski definition) is 5. The van der Waals surface area contributed by atoms with Crippen LogP contribution in [0.4, 0.5) is 11.4 Å². The molecule has 1 unspecified atom stereocenters. The van der Waals surface area contributed by atoms with Gasteiger partial charge >= 0.3 is 0 Å². The second kappa shape index (κ2) is 8.67. The van der Waals surface area contributed by atoms with Crippen LogP contribution >= 0.6 is 11.8 Å². The van der Waals surface area contributed by atoms with Crippen molar-refractivity contribution in [1.82, 2.24) is 9.97 Å². The largest absolute Gasteiger partial charge is 0.324 e. The number of amides is 2. The fraction of sp³-hybridized carbons (Fsp3) is 0.217. The molecule has 0 aliphatic carbocycles. The lowest BCUT2D eigenvalue weighted by atomic mass is 10.1. The zero-order valence-electron chi connectivity index (χ0n) is 16.8. The highest BCUT2D eigenvalue weighted by molar-refractivity contribution is 7.99.